The van der Waals surface area contributed by atoms with Crippen molar-refractivity contribution in [3.63, 3.8) is 0 Å². The maximum absolute atomic E-state index is 14.2. The van der Waals surface area contributed by atoms with Crippen LogP contribution >= 0.6 is 23.3 Å². The van der Waals surface area contributed by atoms with Gasteiger partial charge in [-0.2, -0.15) is 4.20 Å². The zero-order chi connectivity index (χ0) is 16.6. The van der Waals surface area contributed by atoms with Crippen molar-refractivity contribution in [2.75, 3.05) is 0 Å². The van der Waals surface area contributed by atoms with Crippen molar-refractivity contribution >= 4 is 23.3 Å². The van der Waals surface area contributed by atoms with Gasteiger partial charge in [-0.15, -0.1) is 39.3 Å². The Balaban J connectivity index is 2.49. The van der Waals surface area contributed by atoms with E-state index in [9.17, 15) is 30.0 Å². The summed E-state index contributed by atoms with van der Waals surface area (Å²) in [5.41, 5.74) is 0. The number of hydrogen-bond donors (Lipinski definition) is 0. The Morgan fingerprint density at radius 2 is 1.41 bits per heavy atom. The number of para-hydroxylation sites is 1. The van der Waals surface area contributed by atoms with E-state index in [1.165, 1.54) is 18.2 Å². The number of halogens is 7. The van der Waals surface area contributed by atoms with Crippen LogP contribution in [0.4, 0.5) is 30.0 Å². The van der Waals surface area contributed by atoms with Gasteiger partial charge in [0, 0.05) is 0 Å². The lowest BCUT2D eigenvalue weighted by Crippen LogP contribution is -2.09. The van der Waals surface area contributed by atoms with Crippen LogP contribution in [-0.2, 0) is 4.52 Å². The highest BCUT2D eigenvalue weighted by Crippen LogP contribution is 2.81. The largest absolute Gasteiger partial charge is 0.530 e. The van der Waals surface area contributed by atoms with E-state index in [0.29, 0.717) is 0 Å². The molecular formula is C7H5F7N3O2P3. The molecule has 1 aliphatic rings. The van der Waals surface area contributed by atoms with Crippen molar-refractivity contribution in [3.05, 3.63) is 30.3 Å². The van der Waals surface area contributed by atoms with Gasteiger partial charge in [0.2, 0.25) is 0 Å². The molecule has 15 heteroatoms. The Labute approximate surface area is 119 Å². The quantitative estimate of drug-likeness (QED) is 0.401. The predicted octanol–water partition coefficient (Wildman–Crippen LogP) is 7.33. The molecule has 1 aromatic carbocycles. The van der Waals surface area contributed by atoms with Crippen molar-refractivity contribution in [1.82, 2.24) is 0 Å². The van der Waals surface area contributed by atoms with E-state index in [0.717, 1.165) is 12.1 Å². The van der Waals surface area contributed by atoms with E-state index >= 15 is 0 Å². The van der Waals surface area contributed by atoms with Gasteiger partial charge in [-0.05, 0) is 12.1 Å². The third-order valence-corrected chi connectivity index (χ3v) is 7.98. The Kier molecular flexibility index (Phi) is 4.52. The first-order chi connectivity index (χ1) is 9.91. The summed E-state index contributed by atoms with van der Waals surface area (Å²) in [6.07, 6.45) is -5.66. The third kappa shape index (κ3) is 4.84. The highest BCUT2D eigenvalue weighted by Gasteiger charge is 2.47. The van der Waals surface area contributed by atoms with Gasteiger partial charge in [0.05, 0.1) is 0 Å². The standard InChI is InChI=1S/C7H5F7N3O2P3/c8-7(9,10)19-22(14)16-20(11,12)15-21(13,17-22)18-6-4-2-1-3-5-6/h1-5H. The van der Waals surface area contributed by atoms with Gasteiger partial charge in [0.1, 0.15) is 5.75 Å². The lowest BCUT2D eigenvalue weighted by molar-refractivity contribution is -0.274. The second kappa shape index (κ2) is 5.67. The summed E-state index contributed by atoms with van der Waals surface area (Å²) in [6.45, 7) is 0. The molecular weight excluding hydrogens is 384 g/mol. The van der Waals surface area contributed by atoms with Crippen LogP contribution in [0.15, 0.2) is 43.9 Å². The lowest BCUT2D eigenvalue weighted by Gasteiger charge is -2.21. The smallest absolute Gasteiger partial charge is 0.419 e. The monoisotopic (exact) mass is 389 g/mol. The molecule has 1 aliphatic heterocycles. The van der Waals surface area contributed by atoms with Crippen molar-refractivity contribution in [2.24, 2.45) is 13.5 Å². The summed E-state index contributed by atoms with van der Waals surface area (Å²) >= 11 is 0. The molecule has 2 unspecified atom stereocenters. The SMILES string of the molecule is FC(F)(F)OP1(F)=NP(F)(Oc2ccccc2)=NP(F)(F)=N1. The molecule has 1 aromatic rings. The summed E-state index contributed by atoms with van der Waals surface area (Å²) in [4.78, 5) is 0. The fourth-order valence-electron chi connectivity index (χ4n) is 1.28. The van der Waals surface area contributed by atoms with Crippen LogP contribution in [0.2, 0.25) is 0 Å². The molecule has 0 saturated heterocycles. The van der Waals surface area contributed by atoms with Crippen LogP contribution in [0.5, 0.6) is 5.75 Å². The van der Waals surface area contributed by atoms with Gasteiger partial charge in [-0.25, -0.2) is 4.52 Å². The van der Waals surface area contributed by atoms with Gasteiger partial charge >= 0.3 is 29.7 Å². The average Bonchev–Trinajstić information content (AvgIpc) is 2.21. The molecule has 22 heavy (non-hydrogen) atoms. The molecule has 0 N–H and O–H groups in total. The molecule has 2 atom stereocenters. The molecule has 0 spiro atoms. The molecule has 0 fully saturated rings. The zero-order valence-corrected chi connectivity index (χ0v) is 12.7. The molecule has 0 aliphatic carbocycles. The number of nitrogens with zero attached hydrogens (tertiary/aromatic N) is 3. The summed E-state index contributed by atoms with van der Waals surface area (Å²) in [5, 5.41) is 0. The van der Waals surface area contributed by atoms with E-state index in [1.807, 2.05) is 4.52 Å². The first-order valence-electron chi connectivity index (χ1n) is 5.13. The third-order valence-electron chi connectivity index (χ3n) is 1.84. The average molecular weight is 389 g/mol. The lowest BCUT2D eigenvalue weighted by atomic mass is 10.3. The Morgan fingerprint density at radius 3 is 1.95 bits per heavy atom. The van der Waals surface area contributed by atoms with Crippen molar-refractivity contribution in [3.8, 4) is 5.75 Å². The Hall–Kier alpha value is -0.820. The minimum absolute atomic E-state index is 0.355. The molecule has 0 radical (unpaired) electrons. The van der Waals surface area contributed by atoms with Crippen LogP contribution in [0.25, 0.3) is 0 Å². The second-order valence-electron chi connectivity index (χ2n) is 3.61. The normalized spacial score (nSPS) is 30.7. The second-order valence-corrected chi connectivity index (χ2v) is 8.93. The fourth-order valence-corrected chi connectivity index (χ4v) is 7.12. The molecule has 0 amide bonds. The topological polar surface area (TPSA) is 55.5 Å². The number of rotatable bonds is 3. The van der Waals surface area contributed by atoms with Crippen molar-refractivity contribution < 1.29 is 39.0 Å². The van der Waals surface area contributed by atoms with Crippen LogP contribution in [0, 0.1) is 0 Å². The molecule has 124 valence electrons. The zero-order valence-electron chi connectivity index (χ0n) is 10.0. The molecule has 0 aromatic heterocycles. The van der Waals surface area contributed by atoms with Crippen LogP contribution in [0.1, 0.15) is 0 Å². The minimum atomic E-state index is -6.05. The van der Waals surface area contributed by atoms with E-state index in [4.69, 9.17) is 0 Å². The molecule has 0 saturated carbocycles. The van der Waals surface area contributed by atoms with Gasteiger partial charge in [-0.3, -0.25) is 0 Å². The van der Waals surface area contributed by atoms with Gasteiger partial charge in [0.15, 0.2) is 0 Å². The predicted molar refractivity (Wildman–Crippen MR) is 66.7 cm³/mol. The first-order valence-corrected chi connectivity index (χ1v) is 9.61. The minimum Gasteiger partial charge on any atom is -0.419 e. The highest BCUT2D eigenvalue weighted by atomic mass is 31.3. The van der Waals surface area contributed by atoms with Gasteiger partial charge in [-0.1, -0.05) is 18.2 Å². The summed E-state index contributed by atoms with van der Waals surface area (Å²) in [7, 11) is -17.4. The van der Waals surface area contributed by atoms with Crippen LogP contribution < -0.4 is 4.52 Å². The van der Waals surface area contributed by atoms with E-state index in [-0.39, 0.29) is 5.75 Å². The van der Waals surface area contributed by atoms with Crippen molar-refractivity contribution in [2.45, 2.75) is 6.36 Å². The van der Waals surface area contributed by atoms with Gasteiger partial charge < -0.3 is 4.52 Å². The highest BCUT2D eigenvalue weighted by molar-refractivity contribution is 7.77. The fraction of sp³-hybridized carbons (Fsp3) is 0.143. The molecule has 5 nitrogen and oxygen atoms in total. The van der Waals surface area contributed by atoms with Gasteiger partial charge in [0.25, 0.3) is 0 Å². The van der Waals surface area contributed by atoms with E-state index in [1.54, 1.807) is 0 Å². The summed E-state index contributed by atoms with van der Waals surface area (Å²) < 4.78 is 104. The maximum atomic E-state index is 14.2. The van der Waals surface area contributed by atoms with E-state index < -0.39 is 29.7 Å². The van der Waals surface area contributed by atoms with E-state index in [2.05, 4.69) is 18.1 Å². The number of hydrogen-bond acceptors (Lipinski definition) is 5. The summed E-state index contributed by atoms with van der Waals surface area (Å²) in [5.74, 6) is -0.355. The molecule has 2 rings (SSSR count). The first kappa shape index (κ1) is 17.5. The Bertz CT molecular complexity index is 729. The van der Waals surface area contributed by atoms with Crippen molar-refractivity contribution in [1.29, 1.82) is 0 Å². The molecule has 1 heterocycles. The summed E-state index contributed by atoms with van der Waals surface area (Å²) in [6, 6.07) is 6.34. The van der Waals surface area contributed by atoms with Crippen LogP contribution in [0.3, 0.4) is 0 Å². The number of benzene rings is 1. The molecule has 0 bridgehead atoms. The number of alkyl halides is 3. The Morgan fingerprint density at radius 1 is 0.818 bits per heavy atom. The van der Waals surface area contributed by atoms with Crippen LogP contribution in [-0.4, -0.2) is 6.36 Å². The maximum Gasteiger partial charge on any atom is 0.530 e.